The van der Waals surface area contributed by atoms with Gasteiger partial charge in [-0.2, -0.15) is 10.2 Å². The van der Waals surface area contributed by atoms with E-state index in [1.807, 2.05) is 26.0 Å². The minimum absolute atomic E-state index is 0.118. The van der Waals surface area contributed by atoms with Crippen LogP contribution in [0.1, 0.15) is 13.8 Å². The first-order valence-electron chi connectivity index (χ1n) is 4.36. The lowest BCUT2D eigenvalue weighted by Gasteiger charge is -2.04. The van der Waals surface area contributed by atoms with Gasteiger partial charge in [-0.25, -0.2) is 0 Å². The van der Waals surface area contributed by atoms with E-state index >= 15 is 0 Å². The summed E-state index contributed by atoms with van der Waals surface area (Å²) in [4.78, 5) is 0. The quantitative estimate of drug-likeness (QED) is 0.567. The van der Waals surface area contributed by atoms with Crippen molar-refractivity contribution in [3.63, 3.8) is 0 Å². The third kappa shape index (κ3) is 1.71. The van der Waals surface area contributed by atoms with Gasteiger partial charge in [0.2, 0.25) is 0 Å². The van der Waals surface area contributed by atoms with Crippen LogP contribution < -0.4 is 5.59 Å². The molecule has 1 aromatic rings. The van der Waals surface area contributed by atoms with E-state index in [2.05, 4.69) is 10.2 Å². The van der Waals surface area contributed by atoms with Crippen LogP contribution in [0.15, 0.2) is 18.3 Å². The average Bonchev–Trinajstić information content (AvgIpc) is 2.49. The Morgan fingerprint density at radius 3 is 2.54 bits per heavy atom. The first-order chi connectivity index (χ1) is 6.27. The van der Waals surface area contributed by atoms with Gasteiger partial charge >= 0.3 is 7.12 Å². The Labute approximate surface area is 77.4 Å². The van der Waals surface area contributed by atoms with E-state index in [9.17, 15) is 0 Å². The van der Waals surface area contributed by atoms with Crippen molar-refractivity contribution >= 4 is 12.7 Å². The molecule has 0 spiro atoms. The highest BCUT2D eigenvalue weighted by atomic mass is 16.7. The van der Waals surface area contributed by atoms with Crippen molar-refractivity contribution in [2.75, 3.05) is 0 Å². The van der Waals surface area contributed by atoms with E-state index in [1.165, 1.54) is 0 Å². The number of hydrogen-bond donors (Lipinski definition) is 0. The van der Waals surface area contributed by atoms with Crippen LogP contribution in [0.2, 0.25) is 0 Å². The van der Waals surface area contributed by atoms with Gasteiger partial charge in [0.1, 0.15) is 0 Å². The normalized spacial score (nSPS) is 28.0. The van der Waals surface area contributed by atoms with E-state index in [1.54, 1.807) is 6.20 Å². The second-order valence-corrected chi connectivity index (χ2v) is 3.16. The predicted octanol–water partition coefficient (Wildman–Crippen LogP) is -0.00440. The van der Waals surface area contributed by atoms with Crippen LogP contribution in [-0.4, -0.2) is 29.5 Å². The Morgan fingerprint density at radius 2 is 2.00 bits per heavy atom. The Hall–Kier alpha value is -0.935. The molecular weight excluding hydrogens is 167 g/mol. The number of rotatable bonds is 1. The summed E-state index contributed by atoms with van der Waals surface area (Å²) in [6.07, 6.45) is 1.87. The summed E-state index contributed by atoms with van der Waals surface area (Å²) < 4.78 is 11.1. The molecule has 68 valence electrons. The Morgan fingerprint density at radius 1 is 1.31 bits per heavy atom. The SMILES string of the molecule is CC1OB(c2cccnn2)OC1C. The molecule has 1 fully saturated rings. The molecule has 5 heteroatoms. The molecule has 0 radical (unpaired) electrons. The largest absolute Gasteiger partial charge is 0.516 e. The highest BCUT2D eigenvalue weighted by Crippen LogP contribution is 2.14. The fourth-order valence-electron chi connectivity index (χ4n) is 1.22. The molecule has 1 aliphatic heterocycles. The maximum atomic E-state index is 5.53. The lowest BCUT2D eigenvalue weighted by molar-refractivity contribution is 0.187. The number of hydrogen-bond acceptors (Lipinski definition) is 4. The molecule has 0 aliphatic carbocycles. The first-order valence-corrected chi connectivity index (χ1v) is 4.36. The van der Waals surface area contributed by atoms with Crippen LogP contribution in [0, 0.1) is 0 Å². The van der Waals surface area contributed by atoms with Crippen molar-refractivity contribution in [1.29, 1.82) is 0 Å². The van der Waals surface area contributed by atoms with Crippen molar-refractivity contribution in [2.24, 2.45) is 0 Å². The molecule has 1 saturated heterocycles. The Kier molecular flexibility index (Phi) is 2.29. The molecule has 1 aromatic heterocycles. The van der Waals surface area contributed by atoms with Crippen molar-refractivity contribution in [1.82, 2.24) is 10.2 Å². The summed E-state index contributed by atoms with van der Waals surface area (Å²) in [6, 6.07) is 3.67. The minimum Gasteiger partial charge on any atom is -0.401 e. The zero-order valence-corrected chi connectivity index (χ0v) is 7.68. The van der Waals surface area contributed by atoms with Crippen molar-refractivity contribution in [3.05, 3.63) is 18.3 Å². The van der Waals surface area contributed by atoms with Crippen LogP contribution in [0.5, 0.6) is 0 Å². The molecule has 2 heterocycles. The maximum absolute atomic E-state index is 5.53. The zero-order valence-electron chi connectivity index (χ0n) is 7.68. The van der Waals surface area contributed by atoms with E-state index < -0.39 is 0 Å². The van der Waals surface area contributed by atoms with Crippen molar-refractivity contribution in [3.8, 4) is 0 Å². The topological polar surface area (TPSA) is 44.2 Å². The van der Waals surface area contributed by atoms with Gasteiger partial charge in [0.15, 0.2) is 0 Å². The molecule has 0 saturated carbocycles. The highest BCUT2D eigenvalue weighted by molar-refractivity contribution is 6.60. The molecule has 4 nitrogen and oxygen atoms in total. The second kappa shape index (κ2) is 3.43. The predicted molar refractivity (Wildman–Crippen MR) is 48.5 cm³/mol. The Bertz CT molecular complexity index is 273. The number of nitrogens with zero attached hydrogens (tertiary/aromatic N) is 2. The van der Waals surface area contributed by atoms with Gasteiger partial charge in [-0.1, -0.05) is 0 Å². The molecule has 13 heavy (non-hydrogen) atoms. The third-order valence-corrected chi connectivity index (χ3v) is 2.17. The third-order valence-electron chi connectivity index (χ3n) is 2.17. The van der Waals surface area contributed by atoms with E-state index in [0.717, 1.165) is 5.59 Å². The smallest absolute Gasteiger partial charge is 0.401 e. The molecule has 0 amide bonds. The number of aromatic nitrogens is 2. The van der Waals surface area contributed by atoms with E-state index in [-0.39, 0.29) is 19.3 Å². The second-order valence-electron chi connectivity index (χ2n) is 3.16. The average molecular weight is 178 g/mol. The summed E-state index contributed by atoms with van der Waals surface area (Å²) in [6.45, 7) is 3.97. The lowest BCUT2D eigenvalue weighted by Crippen LogP contribution is -2.35. The first kappa shape index (κ1) is 8.65. The Balaban J connectivity index is 2.12. The molecule has 2 unspecified atom stereocenters. The van der Waals surface area contributed by atoms with Crippen LogP contribution in [0.25, 0.3) is 0 Å². The fourth-order valence-corrected chi connectivity index (χ4v) is 1.22. The summed E-state index contributed by atoms with van der Waals surface area (Å²) in [7, 11) is -0.348. The molecule has 2 atom stereocenters. The highest BCUT2D eigenvalue weighted by Gasteiger charge is 2.37. The van der Waals surface area contributed by atoms with Crippen LogP contribution >= 0.6 is 0 Å². The summed E-state index contributed by atoms with van der Waals surface area (Å²) in [5, 5.41) is 7.70. The molecule has 0 N–H and O–H groups in total. The van der Waals surface area contributed by atoms with Crippen LogP contribution in [0.4, 0.5) is 0 Å². The van der Waals surface area contributed by atoms with Gasteiger partial charge < -0.3 is 9.31 Å². The molecule has 0 bridgehead atoms. The molecular formula is C8H11BN2O2. The molecule has 0 aromatic carbocycles. The maximum Gasteiger partial charge on any atom is 0.516 e. The lowest BCUT2D eigenvalue weighted by atomic mass is 9.85. The van der Waals surface area contributed by atoms with Crippen LogP contribution in [-0.2, 0) is 9.31 Å². The molecule has 1 aliphatic rings. The summed E-state index contributed by atoms with van der Waals surface area (Å²) in [5.41, 5.74) is 0.735. The van der Waals surface area contributed by atoms with E-state index in [4.69, 9.17) is 9.31 Å². The standard InChI is InChI=1S/C8H11BN2O2/c1-6-7(2)13-9(12-6)8-4-3-5-10-11-8/h3-7H,1-2H3. The van der Waals surface area contributed by atoms with Gasteiger partial charge in [0.05, 0.1) is 17.8 Å². The summed E-state index contributed by atoms with van der Waals surface area (Å²) in [5.74, 6) is 0. The van der Waals surface area contributed by atoms with Gasteiger partial charge in [0, 0.05) is 6.20 Å². The molecule has 2 rings (SSSR count). The van der Waals surface area contributed by atoms with Gasteiger partial charge in [0.25, 0.3) is 0 Å². The monoisotopic (exact) mass is 178 g/mol. The minimum atomic E-state index is -0.348. The van der Waals surface area contributed by atoms with E-state index in [0.29, 0.717) is 0 Å². The van der Waals surface area contributed by atoms with Gasteiger partial charge in [-0.05, 0) is 26.0 Å². The van der Waals surface area contributed by atoms with Gasteiger partial charge in [-0.15, -0.1) is 0 Å². The van der Waals surface area contributed by atoms with Crippen molar-refractivity contribution < 1.29 is 9.31 Å². The summed E-state index contributed by atoms with van der Waals surface area (Å²) >= 11 is 0. The van der Waals surface area contributed by atoms with Gasteiger partial charge in [-0.3, -0.25) is 0 Å². The van der Waals surface area contributed by atoms with Crippen LogP contribution in [0.3, 0.4) is 0 Å². The van der Waals surface area contributed by atoms with Crippen molar-refractivity contribution in [2.45, 2.75) is 26.1 Å². The fraction of sp³-hybridized carbons (Fsp3) is 0.500. The zero-order chi connectivity index (χ0) is 9.26.